The average Bonchev–Trinajstić information content (AvgIpc) is 2.45. The molecule has 0 spiro atoms. The molecule has 15 heavy (non-hydrogen) atoms. The van der Waals surface area contributed by atoms with Gasteiger partial charge in [0.15, 0.2) is 0 Å². The Hall–Kier alpha value is -0.880. The minimum Gasteiger partial charge on any atom is -0.347 e. The van der Waals surface area contributed by atoms with Crippen LogP contribution in [0.25, 0.3) is 0 Å². The van der Waals surface area contributed by atoms with E-state index in [4.69, 9.17) is 0 Å². The summed E-state index contributed by atoms with van der Waals surface area (Å²) in [7, 11) is 3.82. The van der Waals surface area contributed by atoms with Crippen molar-refractivity contribution in [3.8, 4) is 0 Å². The fourth-order valence-electron chi connectivity index (χ4n) is 1.63. The molecule has 1 amide bonds. The molecule has 82 valence electrons. The maximum Gasteiger partial charge on any atom is 0.255 e. The van der Waals surface area contributed by atoms with Crippen molar-refractivity contribution >= 4 is 21.8 Å². The molecule has 0 saturated carbocycles. The van der Waals surface area contributed by atoms with Gasteiger partial charge >= 0.3 is 0 Å². The minimum atomic E-state index is -0.0620. The van der Waals surface area contributed by atoms with Crippen LogP contribution in [0.4, 0.5) is 0 Å². The predicted molar refractivity (Wildman–Crippen MR) is 59.7 cm³/mol. The van der Waals surface area contributed by atoms with E-state index < -0.39 is 0 Å². The van der Waals surface area contributed by atoms with Gasteiger partial charge in [0.1, 0.15) is 4.60 Å². The van der Waals surface area contributed by atoms with E-state index in [2.05, 4.69) is 31.2 Å². The third-order valence-corrected chi connectivity index (χ3v) is 3.45. The molecule has 1 fully saturated rings. The maximum atomic E-state index is 11.8. The van der Waals surface area contributed by atoms with Gasteiger partial charge in [0.05, 0.1) is 17.8 Å². The second-order valence-electron chi connectivity index (χ2n) is 3.86. The van der Waals surface area contributed by atoms with E-state index in [1.165, 1.54) is 0 Å². The van der Waals surface area contributed by atoms with E-state index in [1.54, 1.807) is 17.9 Å². The van der Waals surface area contributed by atoms with Crippen molar-refractivity contribution < 1.29 is 4.79 Å². The fraction of sp³-hybridized carbons (Fsp3) is 0.556. The van der Waals surface area contributed by atoms with Crippen LogP contribution in [-0.4, -0.2) is 46.8 Å². The lowest BCUT2D eigenvalue weighted by Gasteiger charge is -2.36. The smallest absolute Gasteiger partial charge is 0.255 e. The van der Waals surface area contributed by atoms with E-state index in [0.29, 0.717) is 10.2 Å². The second-order valence-corrected chi connectivity index (χ2v) is 4.62. The Morgan fingerprint density at radius 3 is 2.73 bits per heavy atom. The first kappa shape index (κ1) is 10.6. The Bertz CT molecular complexity index is 383. The monoisotopic (exact) mass is 272 g/mol. The fourth-order valence-corrected chi connectivity index (χ4v) is 2.00. The van der Waals surface area contributed by atoms with Crippen LogP contribution < -0.4 is 5.32 Å². The number of aromatic nitrogens is 2. The van der Waals surface area contributed by atoms with E-state index in [9.17, 15) is 4.79 Å². The summed E-state index contributed by atoms with van der Waals surface area (Å²) in [5.74, 6) is -0.0620. The Morgan fingerprint density at radius 2 is 2.27 bits per heavy atom. The average molecular weight is 273 g/mol. The van der Waals surface area contributed by atoms with Crippen molar-refractivity contribution in [3.05, 3.63) is 16.4 Å². The number of amides is 1. The predicted octanol–water partition coefficient (Wildman–Crippen LogP) is 0.226. The van der Waals surface area contributed by atoms with Crippen molar-refractivity contribution in [2.24, 2.45) is 7.05 Å². The van der Waals surface area contributed by atoms with Gasteiger partial charge in [-0.1, -0.05) is 0 Å². The molecule has 0 aliphatic carbocycles. The first-order chi connectivity index (χ1) is 7.08. The molecular formula is C9H13BrN4O. The van der Waals surface area contributed by atoms with Gasteiger partial charge in [0.25, 0.3) is 5.91 Å². The molecule has 0 unspecified atom stereocenters. The number of carbonyl (C=O) groups excluding carboxylic acids is 1. The summed E-state index contributed by atoms with van der Waals surface area (Å²) in [6.07, 6.45) is 1.57. The lowest BCUT2D eigenvalue weighted by molar-refractivity contribution is 0.0857. The Kier molecular flexibility index (Phi) is 2.79. The Balaban J connectivity index is 1.99. The molecule has 1 N–H and O–H groups in total. The van der Waals surface area contributed by atoms with Gasteiger partial charge in [-0.05, 0) is 23.0 Å². The Labute approximate surface area is 96.6 Å². The highest BCUT2D eigenvalue weighted by molar-refractivity contribution is 9.10. The van der Waals surface area contributed by atoms with Crippen molar-refractivity contribution in [2.75, 3.05) is 20.1 Å². The molecule has 1 aliphatic heterocycles. The first-order valence-electron chi connectivity index (χ1n) is 4.75. The van der Waals surface area contributed by atoms with Gasteiger partial charge in [-0.2, -0.15) is 5.10 Å². The van der Waals surface area contributed by atoms with Crippen molar-refractivity contribution in [3.63, 3.8) is 0 Å². The molecule has 0 radical (unpaired) electrons. The van der Waals surface area contributed by atoms with E-state index in [1.807, 2.05) is 7.05 Å². The van der Waals surface area contributed by atoms with Crippen LogP contribution in [0.5, 0.6) is 0 Å². The van der Waals surface area contributed by atoms with Gasteiger partial charge < -0.3 is 10.2 Å². The summed E-state index contributed by atoms with van der Waals surface area (Å²) in [5.41, 5.74) is 0.590. The third kappa shape index (κ3) is 2.05. The Morgan fingerprint density at radius 1 is 1.60 bits per heavy atom. The van der Waals surface area contributed by atoms with Crippen molar-refractivity contribution in [1.29, 1.82) is 0 Å². The van der Waals surface area contributed by atoms with E-state index in [-0.39, 0.29) is 11.9 Å². The van der Waals surface area contributed by atoms with E-state index in [0.717, 1.165) is 13.1 Å². The number of likely N-dealkylation sites (tertiary alicyclic amines) is 1. The number of rotatable bonds is 2. The summed E-state index contributed by atoms with van der Waals surface area (Å²) in [4.78, 5) is 13.9. The van der Waals surface area contributed by atoms with Crippen LogP contribution in [0, 0.1) is 0 Å². The maximum absolute atomic E-state index is 11.8. The summed E-state index contributed by atoms with van der Waals surface area (Å²) in [5, 5.41) is 6.96. The number of halogens is 1. The van der Waals surface area contributed by atoms with Gasteiger partial charge in [-0.3, -0.25) is 9.48 Å². The molecule has 1 aliphatic rings. The molecule has 6 heteroatoms. The van der Waals surface area contributed by atoms with Gasteiger partial charge in [-0.15, -0.1) is 0 Å². The molecule has 0 bridgehead atoms. The van der Waals surface area contributed by atoms with Gasteiger partial charge in [0, 0.05) is 20.1 Å². The van der Waals surface area contributed by atoms with Crippen LogP contribution in [0.2, 0.25) is 0 Å². The lowest BCUT2D eigenvalue weighted by atomic mass is 10.1. The highest BCUT2D eigenvalue weighted by atomic mass is 79.9. The number of nitrogens with zero attached hydrogens (tertiary/aromatic N) is 3. The number of aryl methyl sites for hydroxylation is 1. The molecule has 0 atom stereocenters. The number of likely N-dealkylation sites (N-methyl/N-ethyl adjacent to an activating group) is 1. The number of nitrogens with one attached hydrogen (secondary N) is 1. The van der Waals surface area contributed by atoms with Crippen LogP contribution in [0.15, 0.2) is 10.8 Å². The van der Waals surface area contributed by atoms with Crippen molar-refractivity contribution in [2.45, 2.75) is 6.04 Å². The molecule has 0 aromatic carbocycles. The van der Waals surface area contributed by atoms with Crippen LogP contribution >= 0.6 is 15.9 Å². The third-order valence-electron chi connectivity index (χ3n) is 2.51. The zero-order valence-electron chi connectivity index (χ0n) is 8.70. The summed E-state index contributed by atoms with van der Waals surface area (Å²) >= 11 is 3.32. The zero-order chi connectivity index (χ0) is 11.0. The number of carbonyl (C=O) groups is 1. The molecule has 2 heterocycles. The molecule has 1 aromatic heterocycles. The lowest BCUT2D eigenvalue weighted by Crippen LogP contribution is -2.57. The van der Waals surface area contributed by atoms with Crippen molar-refractivity contribution in [1.82, 2.24) is 20.0 Å². The summed E-state index contributed by atoms with van der Waals surface area (Å²) < 4.78 is 2.34. The second kappa shape index (κ2) is 3.94. The van der Waals surface area contributed by atoms with Crippen LogP contribution in [0.1, 0.15) is 10.4 Å². The quantitative estimate of drug-likeness (QED) is 0.839. The number of hydrogen-bond acceptors (Lipinski definition) is 3. The highest BCUT2D eigenvalue weighted by Gasteiger charge is 2.26. The van der Waals surface area contributed by atoms with Crippen LogP contribution in [-0.2, 0) is 7.05 Å². The largest absolute Gasteiger partial charge is 0.347 e. The normalized spacial score (nSPS) is 17.5. The van der Waals surface area contributed by atoms with E-state index >= 15 is 0 Å². The van der Waals surface area contributed by atoms with Gasteiger partial charge in [-0.25, -0.2) is 0 Å². The molecular weight excluding hydrogens is 260 g/mol. The molecule has 5 nitrogen and oxygen atoms in total. The minimum absolute atomic E-state index is 0.0620. The number of hydrogen-bond donors (Lipinski definition) is 1. The standard InChI is InChI=1S/C9H13BrN4O/c1-13-4-6(5-13)12-9(15)7-3-11-14(2)8(7)10/h3,6H,4-5H2,1-2H3,(H,12,15). The SMILES string of the molecule is CN1CC(NC(=O)c2cnn(C)c2Br)C1. The highest BCUT2D eigenvalue weighted by Crippen LogP contribution is 2.15. The molecule has 1 saturated heterocycles. The van der Waals surface area contributed by atoms with Crippen LogP contribution in [0.3, 0.4) is 0 Å². The summed E-state index contributed by atoms with van der Waals surface area (Å²) in [6.45, 7) is 1.84. The zero-order valence-corrected chi connectivity index (χ0v) is 10.3. The molecule has 2 rings (SSSR count). The topological polar surface area (TPSA) is 50.2 Å². The van der Waals surface area contributed by atoms with Gasteiger partial charge in [0.2, 0.25) is 0 Å². The molecule has 1 aromatic rings. The summed E-state index contributed by atoms with van der Waals surface area (Å²) in [6, 6.07) is 0.273. The first-order valence-corrected chi connectivity index (χ1v) is 5.54.